The van der Waals surface area contributed by atoms with E-state index in [2.05, 4.69) is 23.8 Å². The number of nitrogens with zero attached hydrogens (tertiary/aromatic N) is 2. The molecule has 5 heteroatoms. The minimum absolute atomic E-state index is 0.366. The van der Waals surface area contributed by atoms with Crippen molar-refractivity contribution >= 4 is 5.82 Å². The molecule has 0 aromatic carbocycles. The summed E-state index contributed by atoms with van der Waals surface area (Å²) in [4.78, 5) is 8.45. The molecule has 114 valence electrons. The summed E-state index contributed by atoms with van der Waals surface area (Å²) in [5, 5.41) is 0. The van der Waals surface area contributed by atoms with Gasteiger partial charge in [0, 0.05) is 12.7 Å². The molecular formula is C15H27N3O2. The Morgan fingerprint density at radius 1 is 1.25 bits per heavy atom. The predicted molar refractivity (Wildman–Crippen MR) is 80.6 cm³/mol. The molecule has 0 saturated carbocycles. The normalized spacial score (nSPS) is 12.3. The zero-order valence-corrected chi connectivity index (χ0v) is 12.9. The van der Waals surface area contributed by atoms with Crippen molar-refractivity contribution in [1.82, 2.24) is 9.97 Å². The lowest BCUT2D eigenvalue weighted by Gasteiger charge is -2.15. The maximum absolute atomic E-state index is 5.77. The zero-order chi connectivity index (χ0) is 14.8. The summed E-state index contributed by atoms with van der Waals surface area (Å²) in [5.74, 6) is 2.11. The Hall–Kier alpha value is -1.36. The molecule has 1 aromatic heterocycles. The monoisotopic (exact) mass is 281 g/mol. The van der Waals surface area contributed by atoms with Crippen LogP contribution in [0.1, 0.15) is 52.3 Å². The number of hydrogen-bond donors (Lipinski definition) is 1. The molecule has 0 aliphatic carbocycles. The molecule has 0 aliphatic rings. The fourth-order valence-corrected chi connectivity index (χ4v) is 1.93. The van der Waals surface area contributed by atoms with Gasteiger partial charge in [-0.1, -0.05) is 33.1 Å². The second-order valence-corrected chi connectivity index (χ2v) is 4.91. The Balaban J connectivity index is 2.55. The average Bonchev–Trinajstić information content (AvgIpc) is 2.45. The van der Waals surface area contributed by atoms with Crippen molar-refractivity contribution in [2.24, 2.45) is 5.92 Å². The van der Waals surface area contributed by atoms with Crippen LogP contribution in [0.25, 0.3) is 0 Å². The first-order valence-corrected chi connectivity index (χ1v) is 7.53. The Labute approximate surface area is 121 Å². The SMILES string of the molecule is CCCCC(CC)COc1cc(N)nc(COCC)n1. The van der Waals surface area contributed by atoms with Crippen LogP contribution in [0.5, 0.6) is 5.88 Å². The molecule has 0 fully saturated rings. The quantitative estimate of drug-likeness (QED) is 0.713. The van der Waals surface area contributed by atoms with E-state index in [1.54, 1.807) is 6.07 Å². The number of rotatable bonds is 10. The van der Waals surface area contributed by atoms with Crippen molar-refractivity contribution in [1.29, 1.82) is 0 Å². The summed E-state index contributed by atoms with van der Waals surface area (Å²) < 4.78 is 11.1. The summed E-state index contributed by atoms with van der Waals surface area (Å²) in [5.41, 5.74) is 5.76. The molecule has 1 rings (SSSR count). The fraction of sp³-hybridized carbons (Fsp3) is 0.733. The van der Waals surface area contributed by atoms with Crippen molar-refractivity contribution in [2.75, 3.05) is 18.9 Å². The van der Waals surface area contributed by atoms with Crippen molar-refractivity contribution in [3.05, 3.63) is 11.9 Å². The van der Waals surface area contributed by atoms with Crippen LogP contribution in [0.15, 0.2) is 6.07 Å². The minimum Gasteiger partial charge on any atom is -0.477 e. The highest BCUT2D eigenvalue weighted by Gasteiger charge is 2.09. The molecule has 1 heterocycles. The summed E-state index contributed by atoms with van der Waals surface area (Å²) in [6, 6.07) is 1.67. The largest absolute Gasteiger partial charge is 0.477 e. The Morgan fingerprint density at radius 3 is 2.70 bits per heavy atom. The van der Waals surface area contributed by atoms with Gasteiger partial charge in [0.25, 0.3) is 0 Å². The first-order chi connectivity index (χ1) is 9.69. The topological polar surface area (TPSA) is 70.3 Å². The van der Waals surface area contributed by atoms with Gasteiger partial charge in [0.1, 0.15) is 12.4 Å². The molecule has 20 heavy (non-hydrogen) atoms. The van der Waals surface area contributed by atoms with Gasteiger partial charge in [-0.15, -0.1) is 0 Å². The minimum atomic E-state index is 0.366. The van der Waals surface area contributed by atoms with Crippen LogP contribution in [-0.2, 0) is 11.3 Å². The molecule has 0 saturated heterocycles. The maximum Gasteiger partial charge on any atom is 0.218 e. The third kappa shape index (κ3) is 6.19. The predicted octanol–water partition coefficient (Wildman–Crippen LogP) is 3.19. The first kappa shape index (κ1) is 16.7. The number of aromatic nitrogens is 2. The van der Waals surface area contributed by atoms with Crippen LogP contribution in [0.4, 0.5) is 5.82 Å². The van der Waals surface area contributed by atoms with E-state index in [0.717, 1.165) is 6.42 Å². The molecule has 2 N–H and O–H groups in total. The lowest BCUT2D eigenvalue weighted by Crippen LogP contribution is -2.13. The Bertz CT molecular complexity index is 385. The van der Waals surface area contributed by atoms with Crippen molar-refractivity contribution in [3.8, 4) is 5.88 Å². The smallest absolute Gasteiger partial charge is 0.218 e. The average molecular weight is 281 g/mol. The van der Waals surface area contributed by atoms with E-state index < -0.39 is 0 Å². The van der Waals surface area contributed by atoms with E-state index in [1.165, 1.54) is 19.3 Å². The molecular weight excluding hydrogens is 254 g/mol. The van der Waals surface area contributed by atoms with Gasteiger partial charge in [0.2, 0.25) is 5.88 Å². The third-order valence-electron chi connectivity index (χ3n) is 3.21. The number of nitrogens with two attached hydrogens (primary N) is 1. The van der Waals surface area contributed by atoms with Crippen LogP contribution >= 0.6 is 0 Å². The fourth-order valence-electron chi connectivity index (χ4n) is 1.93. The van der Waals surface area contributed by atoms with E-state index in [0.29, 0.717) is 43.3 Å². The standard InChI is InChI=1S/C15H27N3O2/c1-4-7-8-12(5-2)10-20-15-9-13(16)17-14(18-15)11-19-6-3/h9,12H,4-8,10-11H2,1-3H3,(H2,16,17,18). The highest BCUT2D eigenvalue weighted by Crippen LogP contribution is 2.17. The molecule has 0 bridgehead atoms. The lowest BCUT2D eigenvalue weighted by atomic mass is 10.0. The Morgan fingerprint density at radius 2 is 2.05 bits per heavy atom. The number of nitrogen functional groups attached to an aromatic ring is 1. The van der Waals surface area contributed by atoms with Gasteiger partial charge in [-0.05, 0) is 19.3 Å². The van der Waals surface area contributed by atoms with Crippen LogP contribution < -0.4 is 10.5 Å². The van der Waals surface area contributed by atoms with Gasteiger partial charge in [-0.25, -0.2) is 4.98 Å². The first-order valence-electron chi connectivity index (χ1n) is 7.53. The van der Waals surface area contributed by atoms with E-state index >= 15 is 0 Å². The number of unbranched alkanes of at least 4 members (excludes halogenated alkanes) is 1. The van der Waals surface area contributed by atoms with E-state index in [-0.39, 0.29) is 0 Å². The van der Waals surface area contributed by atoms with E-state index in [1.807, 2.05) is 6.92 Å². The van der Waals surface area contributed by atoms with Gasteiger partial charge in [0.15, 0.2) is 5.82 Å². The highest BCUT2D eigenvalue weighted by molar-refractivity contribution is 5.32. The third-order valence-corrected chi connectivity index (χ3v) is 3.21. The molecule has 0 radical (unpaired) electrons. The summed E-state index contributed by atoms with van der Waals surface area (Å²) in [7, 11) is 0. The van der Waals surface area contributed by atoms with Gasteiger partial charge >= 0.3 is 0 Å². The molecule has 5 nitrogen and oxygen atoms in total. The molecule has 0 spiro atoms. The van der Waals surface area contributed by atoms with Crippen LogP contribution in [0, 0.1) is 5.92 Å². The van der Waals surface area contributed by atoms with Crippen molar-refractivity contribution in [3.63, 3.8) is 0 Å². The second-order valence-electron chi connectivity index (χ2n) is 4.91. The lowest BCUT2D eigenvalue weighted by molar-refractivity contribution is 0.127. The molecule has 1 atom stereocenters. The van der Waals surface area contributed by atoms with Crippen LogP contribution in [-0.4, -0.2) is 23.2 Å². The molecule has 1 aromatic rings. The van der Waals surface area contributed by atoms with Gasteiger partial charge in [0.05, 0.1) is 6.61 Å². The van der Waals surface area contributed by atoms with Crippen LogP contribution in [0.2, 0.25) is 0 Å². The second kappa shape index (κ2) is 9.53. The molecule has 0 amide bonds. The van der Waals surface area contributed by atoms with Gasteiger partial charge < -0.3 is 15.2 Å². The maximum atomic E-state index is 5.77. The summed E-state index contributed by atoms with van der Waals surface area (Å²) in [6.45, 7) is 8.01. The zero-order valence-electron chi connectivity index (χ0n) is 12.9. The summed E-state index contributed by atoms with van der Waals surface area (Å²) >= 11 is 0. The van der Waals surface area contributed by atoms with Crippen molar-refractivity contribution in [2.45, 2.75) is 53.1 Å². The number of hydrogen-bond acceptors (Lipinski definition) is 5. The highest BCUT2D eigenvalue weighted by atomic mass is 16.5. The van der Waals surface area contributed by atoms with Gasteiger partial charge in [-0.2, -0.15) is 4.98 Å². The van der Waals surface area contributed by atoms with E-state index in [4.69, 9.17) is 15.2 Å². The molecule has 0 aliphatic heterocycles. The van der Waals surface area contributed by atoms with Gasteiger partial charge in [-0.3, -0.25) is 0 Å². The molecule has 1 unspecified atom stereocenters. The Kier molecular flexibility index (Phi) is 7.95. The number of ether oxygens (including phenoxy) is 2. The summed E-state index contributed by atoms with van der Waals surface area (Å²) in [6.07, 6.45) is 4.77. The van der Waals surface area contributed by atoms with E-state index in [9.17, 15) is 0 Å². The number of anilines is 1. The van der Waals surface area contributed by atoms with Crippen LogP contribution in [0.3, 0.4) is 0 Å². The van der Waals surface area contributed by atoms with Crippen molar-refractivity contribution < 1.29 is 9.47 Å².